The Labute approximate surface area is 111 Å². The van der Waals surface area contributed by atoms with Gasteiger partial charge in [-0.15, -0.1) is 5.10 Å². The van der Waals surface area contributed by atoms with Gasteiger partial charge in [-0.25, -0.2) is 4.68 Å². The summed E-state index contributed by atoms with van der Waals surface area (Å²) in [5.74, 6) is 0.891. The molecule has 2 rings (SSSR count). The van der Waals surface area contributed by atoms with Gasteiger partial charge in [0, 0.05) is 0 Å². The first-order valence-corrected chi connectivity index (χ1v) is 7.21. The summed E-state index contributed by atoms with van der Waals surface area (Å²) < 4.78 is 1.90. The number of tetrazole rings is 1. The highest BCUT2D eigenvalue weighted by molar-refractivity contribution is 7.07. The molecule has 0 aliphatic rings. The summed E-state index contributed by atoms with van der Waals surface area (Å²) in [7, 11) is 0. The van der Waals surface area contributed by atoms with Gasteiger partial charge in [0.25, 0.3) is 0 Å². The van der Waals surface area contributed by atoms with E-state index in [2.05, 4.69) is 58.4 Å². The zero-order valence-electron chi connectivity index (χ0n) is 11.0. The summed E-state index contributed by atoms with van der Waals surface area (Å²) in [4.78, 5) is 0. The fourth-order valence-corrected chi connectivity index (χ4v) is 2.61. The lowest BCUT2D eigenvalue weighted by Gasteiger charge is -2.16. The Morgan fingerprint density at radius 3 is 2.94 bits per heavy atom. The first kappa shape index (κ1) is 13.2. The van der Waals surface area contributed by atoms with Gasteiger partial charge in [-0.05, 0) is 59.6 Å². The smallest absolute Gasteiger partial charge is 0.168 e. The Morgan fingerprint density at radius 2 is 2.28 bits per heavy atom. The molecule has 6 heteroatoms. The predicted molar refractivity (Wildman–Crippen MR) is 72.7 cm³/mol. The number of hydrogen-bond donors (Lipinski definition) is 1. The van der Waals surface area contributed by atoms with Gasteiger partial charge in [-0.2, -0.15) is 11.3 Å². The van der Waals surface area contributed by atoms with Gasteiger partial charge in [0.2, 0.25) is 0 Å². The van der Waals surface area contributed by atoms with E-state index in [0.717, 1.165) is 18.8 Å². The minimum atomic E-state index is 0.168. The minimum absolute atomic E-state index is 0.168. The Bertz CT molecular complexity index is 465. The number of rotatable bonds is 6. The molecule has 0 saturated heterocycles. The summed E-state index contributed by atoms with van der Waals surface area (Å²) >= 11 is 1.70. The van der Waals surface area contributed by atoms with Crippen LogP contribution in [0.3, 0.4) is 0 Å². The highest BCUT2D eigenvalue weighted by atomic mass is 32.1. The molecule has 1 N–H and O–H groups in total. The second-order valence-electron chi connectivity index (χ2n) is 4.39. The Morgan fingerprint density at radius 1 is 1.44 bits per heavy atom. The van der Waals surface area contributed by atoms with Crippen molar-refractivity contribution in [3.05, 3.63) is 28.2 Å². The van der Waals surface area contributed by atoms with E-state index < -0.39 is 0 Å². The van der Waals surface area contributed by atoms with Crippen molar-refractivity contribution in [3.8, 4) is 0 Å². The van der Waals surface area contributed by atoms with Crippen molar-refractivity contribution in [2.45, 2.75) is 39.3 Å². The molecule has 0 saturated carbocycles. The highest BCUT2D eigenvalue weighted by Gasteiger charge is 2.19. The second-order valence-corrected chi connectivity index (χ2v) is 5.17. The van der Waals surface area contributed by atoms with E-state index >= 15 is 0 Å². The second kappa shape index (κ2) is 6.06. The topological polar surface area (TPSA) is 55.6 Å². The molecule has 18 heavy (non-hydrogen) atoms. The zero-order valence-corrected chi connectivity index (χ0v) is 11.8. The van der Waals surface area contributed by atoms with Crippen LogP contribution in [-0.2, 0) is 0 Å². The number of aromatic nitrogens is 4. The van der Waals surface area contributed by atoms with Crippen LogP contribution in [0.15, 0.2) is 16.8 Å². The quantitative estimate of drug-likeness (QED) is 0.871. The van der Waals surface area contributed by atoms with Crippen LogP contribution in [0, 0.1) is 0 Å². The van der Waals surface area contributed by atoms with Crippen LogP contribution in [-0.4, -0.2) is 26.8 Å². The van der Waals surface area contributed by atoms with Gasteiger partial charge >= 0.3 is 0 Å². The van der Waals surface area contributed by atoms with Crippen molar-refractivity contribution >= 4 is 11.3 Å². The monoisotopic (exact) mass is 265 g/mol. The normalized spacial score (nSPS) is 14.6. The van der Waals surface area contributed by atoms with Crippen LogP contribution in [0.4, 0.5) is 0 Å². The molecular weight excluding hydrogens is 246 g/mol. The lowest BCUT2D eigenvalue weighted by Crippen LogP contribution is -2.24. The first-order valence-electron chi connectivity index (χ1n) is 6.27. The van der Waals surface area contributed by atoms with Crippen molar-refractivity contribution in [1.82, 2.24) is 25.5 Å². The van der Waals surface area contributed by atoms with Crippen molar-refractivity contribution < 1.29 is 0 Å². The molecule has 0 aliphatic carbocycles. The molecule has 2 aromatic heterocycles. The van der Waals surface area contributed by atoms with Crippen LogP contribution >= 0.6 is 11.3 Å². The number of thiophene rings is 1. The van der Waals surface area contributed by atoms with Crippen LogP contribution < -0.4 is 5.32 Å². The van der Waals surface area contributed by atoms with Gasteiger partial charge < -0.3 is 5.32 Å². The van der Waals surface area contributed by atoms with E-state index in [1.54, 1.807) is 11.3 Å². The molecule has 0 bridgehead atoms. The molecule has 0 spiro atoms. The predicted octanol–water partition coefficient (Wildman–Crippen LogP) is 2.40. The molecule has 98 valence electrons. The van der Waals surface area contributed by atoms with Crippen molar-refractivity contribution in [1.29, 1.82) is 0 Å². The van der Waals surface area contributed by atoms with Crippen molar-refractivity contribution in [2.24, 2.45) is 0 Å². The third kappa shape index (κ3) is 2.76. The lowest BCUT2D eigenvalue weighted by atomic mass is 10.2. The largest absolute Gasteiger partial charge is 0.307 e. The molecule has 2 aromatic rings. The van der Waals surface area contributed by atoms with E-state index in [4.69, 9.17) is 0 Å². The van der Waals surface area contributed by atoms with E-state index in [-0.39, 0.29) is 12.1 Å². The SMILES string of the molecule is CCCNC(C)c1nnnn1C(C)c1ccsc1. The maximum Gasteiger partial charge on any atom is 0.168 e. The third-order valence-corrected chi connectivity index (χ3v) is 3.70. The van der Waals surface area contributed by atoms with Crippen molar-refractivity contribution in [3.63, 3.8) is 0 Å². The van der Waals surface area contributed by atoms with Crippen molar-refractivity contribution in [2.75, 3.05) is 6.54 Å². The molecular formula is C12H19N5S. The van der Waals surface area contributed by atoms with Gasteiger partial charge in [0.15, 0.2) is 5.82 Å². The van der Waals surface area contributed by atoms with Gasteiger partial charge in [-0.1, -0.05) is 6.92 Å². The van der Waals surface area contributed by atoms with Crippen LogP contribution in [0.2, 0.25) is 0 Å². The van der Waals surface area contributed by atoms with E-state index in [1.165, 1.54) is 5.56 Å². The molecule has 0 amide bonds. The standard InChI is InChI=1S/C12H19N5S/c1-4-6-13-9(2)12-14-15-16-17(12)10(3)11-5-7-18-8-11/h5,7-10,13H,4,6H2,1-3H3. The summed E-state index contributed by atoms with van der Waals surface area (Å²) in [6.45, 7) is 7.34. The number of nitrogens with zero attached hydrogens (tertiary/aromatic N) is 4. The zero-order chi connectivity index (χ0) is 13.0. The van der Waals surface area contributed by atoms with Gasteiger partial charge in [0.1, 0.15) is 0 Å². The highest BCUT2D eigenvalue weighted by Crippen LogP contribution is 2.22. The average Bonchev–Trinajstić information content (AvgIpc) is 3.04. The first-order chi connectivity index (χ1) is 8.74. The summed E-state index contributed by atoms with van der Waals surface area (Å²) in [5, 5.41) is 19.7. The lowest BCUT2D eigenvalue weighted by molar-refractivity contribution is 0.465. The fraction of sp³-hybridized carbons (Fsp3) is 0.583. The van der Waals surface area contributed by atoms with Gasteiger partial charge in [0.05, 0.1) is 12.1 Å². The van der Waals surface area contributed by atoms with Gasteiger partial charge in [-0.3, -0.25) is 0 Å². The summed E-state index contributed by atoms with van der Waals surface area (Å²) in [5.41, 5.74) is 1.25. The average molecular weight is 265 g/mol. The number of nitrogens with one attached hydrogen (secondary N) is 1. The molecule has 5 nitrogen and oxygen atoms in total. The van der Waals surface area contributed by atoms with Crippen LogP contribution in [0.5, 0.6) is 0 Å². The summed E-state index contributed by atoms with van der Waals surface area (Å²) in [6, 6.07) is 2.46. The Kier molecular flexibility index (Phi) is 4.43. The summed E-state index contributed by atoms with van der Waals surface area (Å²) in [6.07, 6.45) is 1.10. The Hall–Kier alpha value is -1.27. The molecule has 0 aromatic carbocycles. The van der Waals surface area contributed by atoms with Crippen LogP contribution in [0.25, 0.3) is 0 Å². The molecule has 2 atom stereocenters. The maximum absolute atomic E-state index is 4.14. The molecule has 2 heterocycles. The van der Waals surface area contributed by atoms with Crippen LogP contribution in [0.1, 0.15) is 50.7 Å². The minimum Gasteiger partial charge on any atom is -0.307 e. The fourth-order valence-electron chi connectivity index (χ4n) is 1.87. The van der Waals surface area contributed by atoms with E-state index in [1.807, 2.05) is 4.68 Å². The maximum atomic E-state index is 4.14. The Balaban J connectivity index is 2.17. The molecule has 0 fully saturated rings. The molecule has 0 radical (unpaired) electrons. The van der Waals surface area contributed by atoms with E-state index in [0.29, 0.717) is 0 Å². The van der Waals surface area contributed by atoms with E-state index in [9.17, 15) is 0 Å². The molecule has 2 unspecified atom stereocenters. The third-order valence-electron chi connectivity index (χ3n) is 3.00. The molecule has 0 aliphatic heterocycles. The number of hydrogen-bond acceptors (Lipinski definition) is 5.